The van der Waals surface area contributed by atoms with Crippen molar-refractivity contribution < 1.29 is 13.9 Å². The van der Waals surface area contributed by atoms with Crippen LogP contribution < -0.4 is 10.5 Å². The van der Waals surface area contributed by atoms with Crippen molar-refractivity contribution in [2.75, 3.05) is 39.0 Å². The maximum Gasteiger partial charge on any atom is 0.222 e. The summed E-state index contributed by atoms with van der Waals surface area (Å²) in [5.41, 5.74) is 8.52. The molecule has 0 radical (unpaired) electrons. The average molecular weight is 371 g/mol. The quantitative estimate of drug-likeness (QED) is 0.793. The Kier molecular flexibility index (Phi) is 6.29. The Labute approximate surface area is 159 Å². The normalized spacial score (nSPS) is 15.0. The highest BCUT2D eigenvalue weighted by Crippen LogP contribution is 2.22. The van der Waals surface area contributed by atoms with Gasteiger partial charge in [0.15, 0.2) is 0 Å². The maximum atomic E-state index is 13.5. The van der Waals surface area contributed by atoms with Crippen molar-refractivity contribution in [3.8, 4) is 5.75 Å². The number of para-hydroxylation sites is 1. The summed E-state index contributed by atoms with van der Waals surface area (Å²) in [6, 6.07) is 12.2. The van der Waals surface area contributed by atoms with Gasteiger partial charge in [-0.15, -0.1) is 0 Å². The molecule has 1 aliphatic heterocycles. The number of nitrogens with two attached hydrogens (primary N) is 1. The number of halogens is 1. The summed E-state index contributed by atoms with van der Waals surface area (Å²) in [4.78, 5) is 16.6. The molecule has 2 aromatic carbocycles. The number of carbonyl (C=O) groups excluding carboxylic acids is 1. The van der Waals surface area contributed by atoms with Crippen LogP contribution in [0.25, 0.3) is 0 Å². The van der Waals surface area contributed by atoms with Crippen LogP contribution in [0.3, 0.4) is 0 Å². The van der Waals surface area contributed by atoms with Crippen molar-refractivity contribution in [2.24, 2.45) is 0 Å². The van der Waals surface area contributed by atoms with Crippen molar-refractivity contribution in [3.05, 3.63) is 59.4 Å². The van der Waals surface area contributed by atoms with Crippen molar-refractivity contribution in [1.29, 1.82) is 0 Å². The lowest BCUT2D eigenvalue weighted by Crippen LogP contribution is -2.48. The molecule has 0 atom stereocenters. The van der Waals surface area contributed by atoms with Gasteiger partial charge in [-0.3, -0.25) is 9.69 Å². The Balaban J connectivity index is 1.49. The van der Waals surface area contributed by atoms with Gasteiger partial charge >= 0.3 is 0 Å². The van der Waals surface area contributed by atoms with E-state index in [0.717, 1.165) is 29.9 Å². The molecule has 5 nitrogen and oxygen atoms in total. The van der Waals surface area contributed by atoms with E-state index in [1.807, 2.05) is 29.2 Å². The number of carbonyl (C=O) groups is 1. The fraction of sp³-hybridized carbons (Fsp3) is 0.381. The zero-order valence-electron chi connectivity index (χ0n) is 15.7. The average Bonchev–Trinajstić information content (AvgIpc) is 2.68. The van der Waals surface area contributed by atoms with Gasteiger partial charge in [-0.2, -0.15) is 0 Å². The topological polar surface area (TPSA) is 58.8 Å². The Hall–Kier alpha value is -2.60. The first-order chi connectivity index (χ1) is 13.1. The van der Waals surface area contributed by atoms with Crippen LogP contribution in [0.4, 0.5) is 10.1 Å². The van der Waals surface area contributed by atoms with Gasteiger partial charge in [0.2, 0.25) is 5.91 Å². The van der Waals surface area contributed by atoms with Crippen LogP contribution in [0, 0.1) is 5.82 Å². The number of methoxy groups -OCH3 is 1. The Morgan fingerprint density at radius 3 is 2.56 bits per heavy atom. The molecule has 1 heterocycles. The van der Waals surface area contributed by atoms with E-state index in [1.54, 1.807) is 13.2 Å². The van der Waals surface area contributed by atoms with E-state index < -0.39 is 0 Å². The lowest BCUT2D eigenvalue weighted by Gasteiger charge is -2.35. The number of nitrogen functional groups attached to an aromatic ring is 1. The third-order valence-electron chi connectivity index (χ3n) is 5.02. The molecule has 0 aliphatic carbocycles. The maximum absolute atomic E-state index is 13.5. The van der Waals surface area contributed by atoms with Crippen molar-refractivity contribution in [3.63, 3.8) is 0 Å². The number of hydrogen-bond donors (Lipinski definition) is 1. The SMILES string of the molecule is COc1ccc(F)cc1CN1CCN(C(=O)CCc2ccccc2N)CC1. The van der Waals surface area contributed by atoms with Crippen LogP contribution in [-0.2, 0) is 17.8 Å². The van der Waals surface area contributed by atoms with E-state index in [4.69, 9.17) is 10.5 Å². The minimum atomic E-state index is -0.264. The molecule has 0 saturated carbocycles. The van der Waals surface area contributed by atoms with Crippen LogP contribution in [0.1, 0.15) is 17.5 Å². The Morgan fingerprint density at radius 1 is 1.11 bits per heavy atom. The van der Waals surface area contributed by atoms with E-state index in [1.165, 1.54) is 12.1 Å². The standard InChI is InChI=1S/C21H26FN3O2/c1-27-20-8-7-18(22)14-17(20)15-24-10-12-25(13-11-24)21(26)9-6-16-4-2-3-5-19(16)23/h2-5,7-8,14H,6,9-13,15,23H2,1H3. The number of aryl methyl sites for hydroxylation is 1. The molecule has 3 rings (SSSR count). The van der Waals surface area contributed by atoms with Gasteiger partial charge in [0.25, 0.3) is 0 Å². The molecular weight excluding hydrogens is 345 g/mol. The Morgan fingerprint density at radius 2 is 1.85 bits per heavy atom. The smallest absolute Gasteiger partial charge is 0.222 e. The molecule has 0 spiro atoms. The number of anilines is 1. The van der Waals surface area contributed by atoms with Gasteiger partial charge in [-0.25, -0.2) is 4.39 Å². The lowest BCUT2D eigenvalue weighted by molar-refractivity contribution is -0.133. The molecule has 1 fully saturated rings. The molecule has 0 aromatic heterocycles. The highest BCUT2D eigenvalue weighted by molar-refractivity contribution is 5.76. The van der Waals surface area contributed by atoms with Gasteiger partial charge in [0, 0.05) is 50.4 Å². The van der Waals surface area contributed by atoms with Crippen LogP contribution in [-0.4, -0.2) is 49.0 Å². The summed E-state index contributed by atoms with van der Waals surface area (Å²) >= 11 is 0. The minimum absolute atomic E-state index is 0.154. The predicted octanol–water partition coefficient (Wildman–Crippen LogP) is 2.69. The van der Waals surface area contributed by atoms with Gasteiger partial charge in [0.1, 0.15) is 11.6 Å². The zero-order chi connectivity index (χ0) is 19.2. The summed E-state index contributed by atoms with van der Waals surface area (Å²) < 4.78 is 18.8. The second kappa shape index (κ2) is 8.86. The van der Waals surface area contributed by atoms with Crippen LogP contribution in [0.5, 0.6) is 5.75 Å². The van der Waals surface area contributed by atoms with E-state index in [-0.39, 0.29) is 11.7 Å². The fourth-order valence-electron chi connectivity index (χ4n) is 3.43. The molecule has 27 heavy (non-hydrogen) atoms. The summed E-state index contributed by atoms with van der Waals surface area (Å²) in [6.45, 7) is 3.50. The summed E-state index contributed by atoms with van der Waals surface area (Å²) in [5, 5.41) is 0. The van der Waals surface area contributed by atoms with Crippen LogP contribution in [0.2, 0.25) is 0 Å². The zero-order valence-corrected chi connectivity index (χ0v) is 15.7. The summed E-state index contributed by atoms with van der Waals surface area (Å²) in [6.07, 6.45) is 1.12. The van der Waals surface area contributed by atoms with E-state index >= 15 is 0 Å². The van der Waals surface area contributed by atoms with Crippen molar-refractivity contribution in [1.82, 2.24) is 9.80 Å². The minimum Gasteiger partial charge on any atom is -0.496 e. The second-order valence-corrected chi connectivity index (χ2v) is 6.81. The molecule has 2 N–H and O–H groups in total. The first-order valence-corrected chi connectivity index (χ1v) is 9.22. The molecule has 1 aliphatic rings. The largest absolute Gasteiger partial charge is 0.496 e. The number of benzene rings is 2. The number of nitrogens with zero attached hydrogens (tertiary/aromatic N) is 2. The van der Waals surface area contributed by atoms with Gasteiger partial charge in [-0.05, 0) is 36.2 Å². The first-order valence-electron chi connectivity index (χ1n) is 9.22. The van der Waals surface area contributed by atoms with E-state index in [2.05, 4.69) is 4.90 Å². The molecule has 2 aromatic rings. The first kappa shape index (κ1) is 19.2. The molecule has 1 amide bonds. The fourth-order valence-corrected chi connectivity index (χ4v) is 3.43. The highest BCUT2D eigenvalue weighted by atomic mass is 19.1. The number of hydrogen-bond acceptors (Lipinski definition) is 4. The van der Waals surface area contributed by atoms with Crippen molar-refractivity contribution in [2.45, 2.75) is 19.4 Å². The number of amides is 1. The predicted molar refractivity (Wildman–Crippen MR) is 104 cm³/mol. The monoisotopic (exact) mass is 371 g/mol. The highest BCUT2D eigenvalue weighted by Gasteiger charge is 2.22. The van der Waals surface area contributed by atoms with Gasteiger partial charge in [0.05, 0.1) is 7.11 Å². The van der Waals surface area contributed by atoms with Crippen LogP contribution in [0.15, 0.2) is 42.5 Å². The van der Waals surface area contributed by atoms with E-state index in [9.17, 15) is 9.18 Å². The van der Waals surface area contributed by atoms with Crippen LogP contribution >= 0.6 is 0 Å². The molecule has 0 bridgehead atoms. The van der Waals surface area contributed by atoms with Gasteiger partial charge < -0.3 is 15.4 Å². The molecule has 1 saturated heterocycles. The van der Waals surface area contributed by atoms with E-state index in [0.29, 0.717) is 38.2 Å². The van der Waals surface area contributed by atoms with Gasteiger partial charge in [-0.1, -0.05) is 18.2 Å². The molecule has 6 heteroatoms. The lowest BCUT2D eigenvalue weighted by atomic mass is 10.1. The summed E-state index contributed by atoms with van der Waals surface area (Å²) in [5.74, 6) is 0.580. The third-order valence-corrected chi connectivity index (χ3v) is 5.02. The molecule has 144 valence electrons. The Bertz CT molecular complexity index is 789. The molecule has 0 unspecified atom stereocenters. The number of piperazine rings is 1. The summed E-state index contributed by atoms with van der Waals surface area (Å²) in [7, 11) is 1.59. The number of ether oxygens (including phenoxy) is 1. The molecular formula is C21H26FN3O2. The second-order valence-electron chi connectivity index (χ2n) is 6.81. The third kappa shape index (κ3) is 4.98. The van der Waals surface area contributed by atoms with Crippen molar-refractivity contribution >= 4 is 11.6 Å². The number of rotatable bonds is 6.